The van der Waals surface area contributed by atoms with Gasteiger partial charge in [0.1, 0.15) is 6.33 Å². The molecule has 0 saturated heterocycles. The predicted octanol–water partition coefficient (Wildman–Crippen LogP) is 2.08. The lowest BCUT2D eigenvalue weighted by Gasteiger charge is -2.09. The Balaban J connectivity index is 2.06. The van der Waals surface area contributed by atoms with Crippen molar-refractivity contribution in [2.24, 2.45) is 0 Å². The molecular formula is C12H15N5S. The second-order valence-corrected chi connectivity index (χ2v) is 5.32. The van der Waals surface area contributed by atoms with Gasteiger partial charge >= 0.3 is 0 Å². The molecule has 3 aromatic rings. The Labute approximate surface area is 109 Å². The fraction of sp³-hybridized carbons (Fsp3) is 0.333. The number of imidazole rings is 2. The fourth-order valence-electron chi connectivity index (χ4n) is 1.88. The number of hydrogen-bond donors (Lipinski definition) is 1. The van der Waals surface area contributed by atoms with Crippen molar-refractivity contribution in [3.05, 3.63) is 36.0 Å². The van der Waals surface area contributed by atoms with E-state index in [0.717, 1.165) is 23.0 Å². The third-order valence-electron chi connectivity index (χ3n) is 2.77. The number of aromatic nitrogens is 4. The van der Waals surface area contributed by atoms with Gasteiger partial charge in [0.15, 0.2) is 10.8 Å². The fourth-order valence-corrected chi connectivity index (χ4v) is 2.61. The second kappa shape index (κ2) is 4.55. The molecule has 3 heterocycles. The molecule has 5 nitrogen and oxygen atoms in total. The molecule has 0 aromatic carbocycles. The topological polar surface area (TPSA) is 47.2 Å². The predicted molar refractivity (Wildman–Crippen MR) is 72.2 cm³/mol. The quantitative estimate of drug-likeness (QED) is 0.782. The Morgan fingerprint density at radius 1 is 1.39 bits per heavy atom. The molecule has 0 aliphatic carbocycles. The van der Waals surface area contributed by atoms with Crippen molar-refractivity contribution in [2.45, 2.75) is 26.4 Å². The Morgan fingerprint density at radius 2 is 2.28 bits per heavy atom. The zero-order valence-corrected chi connectivity index (χ0v) is 11.2. The number of rotatable bonds is 4. The molecule has 18 heavy (non-hydrogen) atoms. The molecule has 1 N–H and O–H groups in total. The first kappa shape index (κ1) is 11.4. The van der Waals surface area contributed by atoms with Gasteiger partial charge in [-0.15, -0.1) is 11.3 Å². The van der Waals surface area contributed by atoms with Crippen molar-refractivity contribution in [3.63, 3.8) is 0 Å². The van der Waals surface area contributed by atoms with Crippen molar-refractivity contribution in [1.29, 1.82) is 0 Å². The number of thiazole rings is 1. The van der Waals surface area contributed by atoms with Gasteiger partial charge in [-0.05, 0) is 0 Å². The highest BCUT2D eigenvalue weighted by molar-refractivity contribution is 7.15. The number of hydrogen-bond acceptors (Lipinski definition) is 4. The van der Waals surface area contributed by atoms with Gasteiger partial charge in [0.2, 0.25) is 0 Å². The summed E-state index contributed by atoms with van der Waals surface area (Å²) in [5, 5.41) is 5.50. The monoisotopic (exact) mass is 261 g/mol. The van der Waals surface area contributed by atoms with Gasteiger partial charge in [0.25, 0.3) is 0 Å². The smallest absolute Gasteiger partial charge is 0.195 e. The normalized spacial score (nSPS) is 11.7. The van der Waals surface area contributed by atoms with Crippen LogP contribution in [0, 0.1) is 0 Å². The van der Waals surface area contributed by atoms with Gasteiger partial charge in [0.05, 0.1) is 5.69 Å². The van der Waals surface area contributed by atoms with Crippen molar-refractivity contribution < 1.29 is 0 Å². The first-order chi connectivity index (χ1) is 8.75. The van der Waals surface area contributed by atoms with Crippen LogP contribution in [0.1, 0.15) is 19.5 Å². The molecule has 0 fully saturated rings. The standard InChI is InChI=1S/C12H15N5S/c1-9(2)14-7-10-11(16-4-3-13-8-16)15-12-17(10)5-6-18-12/h3-6,8-9,14H,7H2,1-2H3. The van der Waals surface area contributed by atoms with E-state index < -0.39 is 0 Å². The lowest BCUT2D eigenvalue weighted by molar-refractivity contribution is 0.578. The summed E-state index contributed by atoms with van der Waals surface area (Å²) in [4.78, 5) is 9.76. The number of nitrogens with zero attached hydrogens (tertiary/aromatic N) is 4. The van der Waals surface area contributed by atoms with E-state index in [1.807, 2.05) is 10.8 Å². The third kappa shape index (κ3) is 1.93. The van der Waals surface area contributed by atoms with Gasteiger partial charge in [-0.3, -0.25) is 8.97 Å². The summed E-state index contributed by atoms with van der Waals surface area (Å²) in [6.07, 6.45) is 7.54. The largest absolute Gasteiger partial charge is 0.309 e. The molecule has 0 aliphatic heterocycles. The molecule has 0 aliphatic rings. The van der Waals surface area contributed by atoms with Gasteiger partial charge in [-0.1, -0.05) is 13.8 Å². The van der Waals surface area contributed by atoms with E-state index in [1.54, 1.807) is 23.9 Å². The summed E-state index contributed by atoms with van der Waals surface area (Å²) in [6.45, 7) is 5.08. The highest BCUT2D eigenvalue weighted by atomic mass is 32.1. The molecule has 3 rings (SSSR count). The van der Waals surface area contributed by atoms with Gasteiger partial charge < -0.3 is 5.32 Å². The molecule has 0 saturated carbocycles. The average molecular weight is 261 g/mol. The van der Waals surface area contributed by atoms with E-state index in [1.165, 1.54) is 0 Å². The van der Waals surface area contributed by atoms with E-state index in [9.17, 15) is 0 Å². The van der Waals surface area contributed by atoms with Crippen LogP contribution in [0.15, 0.2) is 30.3 Å². The molecule has 0 unspecified atom stereocenters. The molecule has 0 spiro atoms. The van der Waals surface area contributed by atoms with Crippen LogP contribution in [0.4, 0.5) is 0 Å². The Kier molecular flexibility index (Phi) is 2.89. The van der Waals surface area contributed by atoms with Crippen LogP contribution in [-0.4, -0.2) is 25.0 Å². The number of fused-ring (bicyclic) bond motifs is 1. The minimum atomic E-state index is 0.449. The van der Waals surface area contributed by atoms with Gasteiger partial charge in [-0.2, -0.15) is 0 Å². The molecule has 6 heteroatoms. The van der Waals surface area contributed by atoms with E-state index in [0.29, 0.717) is 6.04 Å². The SMILES string of the molecule is CC(C)NCc1c(-n2ccnc2)nc2sccn12. The van der Waals surface area contributed by atoms with Crippen molar-refractivity contribution in [1.82, 2.24) is 24.3 Å². The minimum Gasteiger partial charge on any atom is -0.309 e. The summed E-state index contributed by atoms with van der Waals surface area (Å²) in [5.41, 5.74) is 1.16. The van der Waals surface area contributed by atoms with Crippen LogP contribution in [-0.2, 0) is 6.54 Å². The molecule has 0 amide bonds. The molecule has 3 aromatic heterocycles. The van der Waals surface area contributed by atoms with E-state index in [-0.39, 0.29) is 0 Å². The first-order valence-corrected chi connectivity index (χ1v) is 6.80. The van der Waals surface area contributed by atoms with Crippen LogP contribution < -0.4 is 5.32 Å². The third-order valence-corrected chi connectivity index (χ3v) is 3.52. The summed E-state index contributed by atoms with van der Waals surface area (Å²) >= 11 is 1.64. The Hall–Kier alpha value is -1.66. The highest BCUT2D eigenvalue weighted by Gasteiger charge is 2.14. The van der Waals surface area contributed by atoms with Crippen LogP contribution in [0.5, 0.6) is 0 Å². The average Bonchev–Trinajstić information content (AvgIpc) is 3.02. The lowest BCUT2D eigenvalue weighted by atomic mass is 10.3. The molecule has 0 atom stereocenters. The Morgan fingerprint density at radius 3 is 3.00 bits per heavy atom. The second-order valence-electron chi connectivity index (χ2n) is 4.44. The van der Waals surface area contributed by atoms with Crippen molar-refractivity contribution >= 4 is 16.3 Å². The van der Waals surface area contributed by atoms with Crippen LogP contribution in [0.25, 0.3) is 10.8 Å². The summed E-state index contributed by atoms with van der Waals surface area (Å²) in [6, 6.07) is 0.449. The van der Waals surface area contributed by atoms with Crippen LogP contribution in [0.2, 0.25) is 0 Å². The van der Waals surface area contributed by atoms with Gasteiger partial charge in [-0.25, -0.2) is 9.97 Å². The minimum absolute atomic E-state index is 0.449. The summed E-state index contributed by atoms with van der Waals surface area (Å²) in [5.74, 6) is 0.951. The summed E-state index contributed by atoms with van der Waals surface area (Å²) < 4.78 is 4.09. The van der Waals surface area contributed by atoms with Gasteiger partial charge in [0, 0.05) is 36.6 Å². The van der Waals surface area contributed by atoms with Crippen molar-refractivity contribution in [3.8, 4) is 5.82 Å². The van der Waals surface area contributed by atoms with Crippen LogP contribution in [0.3, 0.4) is 0 Å². The molecule has 0 bridgehead atoms. The molecular weight excluding hydrogens is 246 g/mol. The maximum Gasteiger partial charge on any atom is 0.195 e. The molecule has 94 valence electrons. The highest BCUT2D eigenvalue weighted by Crippen LogP contribution is 2.20. The maximum absolute atomic E-state index is 4.66. The van der Waals surface area contributed by atoms with E-state index in [4.69, 9.17) is 0 Å². The summed E-state index contributed by atoms with van der Waals surface area (Å²) in [7, 11) is 0. The first-order valence-electron chi connectivity index (χ1n) is 5.92. The van der Waals surface area contributed by atoms with E-state index >= 15 is 0 Å². The Bertz CT molecular complexity index is 635. The zero-order valence-electron chi connectivity index (χ0n) is 10.4. The van der Waals surface area contributed by atoms with E-state index in [2.05, 4.69) is 45.1 Å². The van der Waals surface area contributed by atoms with Crippen molar-refractivity contribution in [2.75, 3.05) is 0 Å². The zero-order chi connectivity index (χ0) is 12.5. The lowest BCUT2D eigenvalue weighted by Crippen LogP contribution is -2.23. The van der Waals surface area contributed by atoms with Crippen LogP contribution >= 0.6 is 11.3 Å². The molecule has 0 radical (unpaired) electrons. The number of nitrogens with one attached hydrogen (secondary N) is 1. The maximum atomic E-state index is 4.66.